The van der Waals surface area contributed by atoms with Crippen molar-refractivity contribution in [2.24, 2.45) is 5.92 Å². The second-order valence-corrected chi connectivity index (χ2v) is 10.8. The standard InChI is InChI=1S/C23H28N2O2S/c26-28(27)16-22-23(17-28)25(13-12-24(22)14-18-10-11-18)15-20-8-4-5-9-21(20)19-6-2-1-3-7-19/h1-9,18,22-23H,10-17H2/t22-,23+/m1/s1. The molecule has 2 atom stereocenters. The zero-order valence-electron chi connectivity index (χ0n) is 16.2. The van der Waals surface area contributed by atoms with Gasteiger partial charge in [0.1, 0.15) is 0 Å². The largest absolute Gasteiger partial charge is 0.296 e. The first kappa shape index (κ1) is 18.3. The van der Waals surface area contributed by atoms with Gasteiger partial charge in [0.05, 0.1) is 11.5 Å². The van der Waals surface area contributed by atoms with Crippen LogP contribution in [0, 0.1) is 5.92 Å². The van der Waals surface area contributed by atoms with Crippen molar-refractivity contribution in [2.75, 3.05) is 31.1 Å². The van der Waals surface area contributed by atoms with Crippen LogP contribution in [0.1, 0.15) is 18.4 Å². The Morgan fingerprint density at radius 2 is 1.46 bits per heavy atom. The van der Waals surface area contributed by atoms with E-state index in [-0.39, 0.29) is 12.1 Å². The van der Waals surface area contributed by atoms with Crippen molar-refractivity contribution in [2.45, 2.75) is 31.5 Å². The van der Waals surface area contributed by atoms with Crippen molar-refractivity contribution in [1.82, 2.24) is 9.80 Å². The average Bonchev–Trinajstić information content (AvgIpc) is 3.45. The summed E-state index contributed by atoms with van der Waals surface area (Å²) in [5.41, 5.74) is 3.76. The smallest absolute Gasteiger partial charge is 0.153 e. The van der Waals surface area contributed by atoms with Crippen LogP contribution in [0.25, 0.3) is 11.1 Å². The van der Waals surface area contributed by atoms with E-state index in [1.54, 1.807) is 0 Å². The molecule has 3 aliphatic rings. The molecule has 4 nitrogen and oxygen atoms in total. The van der Waals surface area contributed by atoms with E-state index in [2.05, 4.69) is 58.3 Å². The van der Waals surface area contributed by atoms with Gasteiger partial charge in [0, 0.05) is 38.3 Å². The van der Waals surface area contributed by atoms with E-state index >= 15 is 0 Å². The molecule has 2 saturated heterocycles. The number of nitrogens with zero attached hydrogens (tertiary/aromatic N) is 2. The number of benzene rings is 2. The van der Waals surface area contributed by atoms with E-state index in [1.165, 1.54) is 29.5 Å². The molecule has 1 aliphatic carbocycles. The number of piperazine rings is 1. The maximum atomic E-state index is 12.5. The highest BCUT2D eigenvalue weighted by molar-refractivity contribution is 7.91. The van der Waals surface area contributed by atoms with E-state index in [0.717, 1.165) is 32.1 Å². The second-order valence-electron chi connectivity index (χ2n) is 8.64. The number of sulfone groups is 1. The van der Waals surface area contributed by atoms with Gasteiger partial charge in [-0.2, -0.15) is 0 Å². The van der Waals surface area contributed by atoms with Crippen molar-refractivity contribution < 1.29 is 8.42 Å². The summed E-state index contributed by atoms with van der Waals surface area (Å²) in [4.78, 5) is 4.91. The predicted octanol–water partition coefficient (Wildman–Crippen LogP) is 3.05. The van der Waals surface area contributed by atoms with Crippen LogP contribution in [0.5, 0.6) is 0 Å². The lowest BCUT2D eigenvalue weighted by Gasteiger charge is -2.44. The number of fused-ring (bicyclic) bond motifs is 1. The van der Waals surface area contributed by atoms with Gasteiger partial charge < -0.3 is 0 Å². The average molecular weight is 397 g/mol. The van der Waals surface area contributed by atoms with Crippen molar-refractivity contribution in [1.29, 1.82) is 0 Å². The Labute approximate surface area is 168 Å². The van der Waals surface area contributed by atoms with Crippen LogP contribution in [-0.4, -0.2) is 61.4 Å². The summed E-state index contributed by atoms with van der Waals surface area (Å²) in [6.07, 6.45) is 2.63. The molecule has 0 unspecified atom stereocenters. The zero-order valence-corrected chi connectivity index (χ0v) is 17.0. The molecule has 148 valence electrons. The van der Waals surface area contributed by atoms with Crippen LogP contribution in [0.4, 0.5) is 0 Å². The minimum absolute atomic E-state index is 0.126. The van der Waals surface area contributed by atoms with Gasteiger partial charge in [-0.1, -0.05) is 54.6 Å². The normalized spacial score (nSPS) is 27.6. The van der Waals surface area contributed by atoms with Crippen LogP contribution in [-0.2, 0) is 16.4 Å². The lowest BCUT2D eigenvalue weighted by molar-refractivity contribution is 0.0377. The topological polar surface area (TPSA) is 40.6 Å². The fraction of sp³-hybridized carbons (Fsp3) is 0.478. The van der Waals surface area contributed by atoms with Crippen molar-refractivity contribution in [3.05, 3.63) is 60.2 Å². The fourth-order valence-corrected chi connectivity index (χ4v) is 6.97. The van der Waals surface area contributed by atoms with Gasteiger partial charge in [-0.25, -0.2) is 8.42 Å². The summed E-state index contributed by atoms with van der Waals surface area (Å²) in [5.74, 6) is 1.45. The van der Waals surface area contributed by atoms with Crippen LogP contribution >= 0.6 is 0 Å². The van der Waals surface area contributed by atoms with Gasteiger partial charge in [0.2, 0.25) is 0 Å². The maximum Gasteiger partial charge on any atom is 0.153 e. The molecule has 2 aliphatic heterocycles. The zero-order chi connectivity index (χ0) is 19.1. The molecular weight excluding hydrogens is 368 g/mol. The van der Waals surface area contributed by atoms with E-state index in [4.69, 9.17) is 0 Å². The van der Waals surface area contributed by atoms with Crippen LogP contribution in [0.15, 0.2) is 54.6 Å². The highest BCUT2D eigenvalue weighted by Gasteiger charge is 2.47. The van der Waals surface area contributed by atoms with E-state index in [0.29, 0.717) is 11.5 Å². The molecule has 0 bridgehead atoms. The molecule has 3 fully saturated rings. The molecule has 0 radical (unpaired) electrons. The van der Waals surface area contributed by atoms with Gasteiger partial charge in [0.25, 0.3) is 0 Å². The summed E-state index contributed by atoms with van der Waals surface area (Å²) in [5, 5.41) is 0. The molecule has 2 aromatic carbocycles. The molecule has 2 aromatic rings. The lowest BCUT2D eigenvalue weighted by Crippen LogP contribution is -2.59. The molecule has 0 aromatic heterocycles. The third-order valence-electron chi connectivity index (χ3n) is 6.57. The van der Waals surface area contributed by atoms with Gasteiger partial charge in [-0.05, 0) is 35.4 Å². The first-order chi connectivity index (χ1) is 13.6. The Bertz CT molecular complexity index is 940. The fourth-order valence-electron chi connectivity index (χ4n) is 4.93. The summed E-state index contributed by atoms with van der Waals surface area (Å²) >= 11 is 0. The number of hydrogen-bond acceptors (Lipinski definition) is 4. The summed E-state index contributed by atoms with van der Waals surface area (Å²) in [7, 11) is -2.95. The first-order valence-electron chi connectivity index (χ1n) is 10.4. The Kier molecular flexibility index (Phi) is 4.77. The van der Waals surface area contributed by atoms with Gasteiger partial charge in [0.15, 0.2) is 9.84 Å². The molecule has 0 N–H and O–H groups in total. The highest BCUT2D eigenvalue weighted by atomic mass is 32.2. The number of rotatable bonds is 5. The van der Waals surface area contributed by atoms with Gasteiger partial charge >= 0.3 is 0 Å². The Hall–Kier alpha value is -1.69. The minimum Gasteiger partial charge on any atom is -0.296 e. The molecule has 0 amide bonds. The Morgan fingerprint density at radius 1 is 0.821 bits per heavy atom. The van der Waals surface area contributed by atoms with Crippen LogP contribution in [0.2, 0.25) is 0 Å². The lowest BCUT2D eigenvalue weighted by atomic mass is 9.97. The Morgan fingerprint density at radius 3 is 2.21 bits per heavy atom. The first-order valence-corrected chi connectivity index (χ1v) is 12.2. The third kappa shape index (κ3) is 3.76. The van der Waals surface area contributed by atoms with Crippen molar-refractivity contribution in [3.8, 4) is 11.1 Å². The van der Waals surface area contributed by atoms with E-state index in [9.17, 15) is 8.42 Å². The summed E-state index contributed by atoms with van der Waals surface area (Å²) < 4.78 is 25.0. The molecule has 2 heterocycles. The molecule has 5 rings (SSSR count). The predicted molar refractivity (Wildman–Crippen MR) is 113 cm³/mol. The maximum absolute atomic E-state index is 12.5. The third-order valence-corrected chi connectivity index (χ3v) is 8.27. The van der Waals surface area contributed by atoms with Crippen LogP contribution in [0.3, 0.4) is 0 Å². The second kappa shape index (κ2) is 7.29. The SMILES string of the molecule is O=S1(=O)C[C@@H]2[C@H](C1)N(Cc1ccccc1-c1ccccc1)CCN2CC1CC1. The summed E-state index contributed by atoms with van der Waals surface area (Å²) in [6.45, 7) is 3.84. The van der Waals surface area contributed by atoms with Gasteiger partial charge in [-0.3, -0.25) is 9.80 Å². The molecular formula is C23H28N2O2S. The molecule has 0 spiro atoms. The van der Waals surface area contributed by atoms with Gasteiger partial charge in [-0.15, -0.1) is 0 Å². The monoisotopic (exact) mass is 396 g/mol. The molecule has 5 heteroatoms. The quantitative estimate of drug-likeness (QED) is 0.779. The van der Waals surface area contributed by atoms with Crippen molar-refractivity contribution >= 4 is 9.84 Å². The van der Waals surface area contributed by atoms with Crippen molar-refractivity contribution in [3.63, 3.8) is 0 Å². The minimum atomic E-state index is -2.95. The number of hydrogen-bond donors (Lipinski definition) is 0. The summed E-state index contributed by atoms with van der Waals surface area (Å²) in [6, 6.07) is 19.3. The van der Waals surface area contributed by atoms with E-state index < -0.39 is 9.84 Å². The molecule has 1 saturated carbocycles. The highest BCUT2D eigenvalue weighted by Crippen LogP contribution is 2.35. The van der Waals surface area contributed by atoms with E-state index in [1.807, 2.05) is 6.07 Å². The Balaban J connectivity index is 1.40. The molecule has 28 heavy (non-hydrogen) atoms. The van der Waals surface area contributed by atoms with Crippen LogP contribution < -0.4 is 0 Å².